The molecule has 0 saturated carbocycles. The van der Waals surface area contributed by atoms with Gasteiger partial charge in [0.05, 0.1) is 0 Å². The van der Waals surface area contributed by atoms with E-state index in [4.69, 9.17) is 15.9 Å². The minimum absolute atomic E-state index is 0.106. The fraction of sp³-hybridized carbons (Fsp3) is 0.400. The average Bonchev–Trinajstić information content (AvgIpc) is 2.00. The van der Waals surface area contributed by atoms with Crippen LogP contribution in [0.1, 0.15) is 0 Å². The second-order valence-electron chi connectivity index (χ2n) is 1.41. The minimum Gasteiger partial charge on any atom is -0.410 e. The Hall–Kier alpha value is -1.41. The van der Waals surface area contributed by atoms with E-state index in [9.17, 15) is 0 Å². The number of methoxy groups -OCH3 is 1. The van der Waals surface area contributed by atoms with Crippen LogP contribution in [0.2, 0.25) is 0 Å². The Morgan fingerprint density at radius 3 is 2.70 bits per heavy atom. The Labute approximate surface area is 58.0 Å². The molecule has 0 saturated heterocycles. The van der Waals surface area contributed by atoms with Crippen molar-refractivity contribution in [3.63, 3.8) is 0 Å². The number of nitrogens with zero attached hydrogens (tertiary/aromatic N) is 2. The van der Waals surface area contributed by atoms with Crippen molar-refractivity contribution in [3.05, 3.63) is 0 Å². The molecule has 0 amide bonds. The van der Waals surface area contributed by atoms with Gasteiger partial charge in [0.25, 0.3) is 0 Å². The van der Waals surface area contributed by atoms with Crippen LogP contribution in [0.4, 0.5) is 0 Å². The van der Waals surface area contributed by atoms with Crippen molar-refractivity contribution in [1.82, 2.24) is 0 Å². The lowest BCUT2D eigenvalue weighted by Crippen LogP contribution is -2.21. The minimum atomic E-state index is -0.956. The number of oxime groups is 1. The van der Waals surface area contributed by atoms with Crippen molar-refractivity contribution >= 4 is 11.9 Å². The van der Waals surface area contributed by atoms with Gasteiger partial charge in [-0.2, -0.15) is 5.26 Å². The van der Waals surface area contributed by atoms with Crippen LogP contribution >= 0.6 is 0 Å². The molecule has 0 aliphatic heterocycles. The molecule has 0 spiro atoms. The highest BCUT2D eigenvalue weighted by Crippen LogP contribution is 1.89. The van der Waals surface area contributed by atoms with E-state index in [1.807, 2.05) is 0 Å². The molecule has 0 aliphatic rings. The number of rotatable bonds is 3. The van der Waals surface area contributed by atoms with Gasteiger partial charge >= 0.3 is 0 Å². The van der Waals surface area contributed by atoms with E-state index < -0.39 is 6.10 Å². The molecule has 0 fully saturated rings. The zero-order chi connectivity index (χ0) is 7.98. The molecule has 0 aliphatic carbocycles. The maximum absolute atomic E-state index is 8.29. The van der Waals surface area contributed by atoms with E-state index in [2.05, 4.69) is 9.89 Å². The molecule has 0 aromatic rings. The van der Waals surface area contributed by atoms with Crippen LogP contribution in [0.15, 0.2) is 5.16 Å². The molecule has 0 rings (SSSR count). The fourth-order valence-electron chi connectivity index (χ4n) is 0.397. The standard InChI is InChI=1S/C5H7N3O2/c1-10-5(3-7)4(2-6)8-9/h2,5-6,9H,1H3. The van der Waals surface area contributed by atoms with Crippen LogP contribution in [0.25, 0.3) is 0 Å². The SMILES string of the molecule is COC(C#N)C(C=N)=NO. The van der Waals surface area contributed by atoms with Crippen molar-refractivity contribution in [2.75, 3.05) is 7.11 Å². The Bertz CT molecular complexity index is 182. The van der Waals surface area contributed by atoms with E-state index >= 15 is 0 Å². The van der Waals surface area contributed by atoms with Gasteiger partial charge in [-0.3, -0.25) is 0 Å². The molecule has 10 heavy (non-hydrogen) atoms. The Morgan fingerprint density at radius 1 is 2.00 bits per heavy atom. The van der Waals surface area contributed by atoms with Gasteiger partial charge in [-0.1, -0.05) is 5.16 Å². The Morgan fingerprint density at radius 2 is 2.60 bits per heavy atom. The fourth-order valence-corrected chi connectivity index (χ4v) is 0.397. The van der Waals surface area contributed by atoms with E-state index in [1.165, 1.54) is 7.11 Å². The molecule has 0 bridgehead atoms. The van der Waals surface area contributed by atoms with Gasteiger partial charge in [0.2, 0.25) is 0 Å². The molecule has 5 heteroatoms. The average molecular weight is 141 g/mol. The van der Waals surface area contributed by atoms with Crippen LogP contribution in [0.3, 0.4) is 0 Å². The monoisotopic (exact) mass is 141 g/mol. The van der Waals surface area contributed by atoms with E-state index in [0.29, 0.717) is 0 Å². The maximum atomic E-state index is 8.29. The summed E-state index contributed by atoms with van der Waals surface area (Å²) in [5.41, 5.74) is -0.106. The zero-order valence-corrected chi connectivity index (χ0v) is 5.40. The Balaban J connectivity index is 4.28. The maximum Gasteiger partial charge on any atom is 0.190 e. The highest BCUT2D eigenvalue weighted by molar-refractivity contribution is 6.32. The number of hydrogen-bond donors (Lipinski definition) is 2. The predicted molar refractivity (Wildman–Crippen MR) is 34.4 cm³/mol. The van der Waals surface area contributed by atoms with Crippen LogP contribution in [-0.4, -0.2) is 30.3 Å². The topological polar surface area (TPSA) is 89.5 Å². The van der Waals surface area contributed by atoms with Gasteiger partial charge in [-0.05, 0) is 0 Å². The summed E-state index contributed by atoms with van der Waals surface area (Å²) in [6.07, 6.45) is -0.195. The molecule has 54 valence electrons. The highest BCUT2D eigenvalue weighted by Gasteiger charge is 2.11. The largest absolute Gasteiger partial charge is 0.410 e. The lowest BCUT2D eigenvalue weighted by Gasteiger charge is -2.01. The second kappa shape index (κ2) is 4.47. The molecule has 0 aromatic heterocycles. The summed E-state index contributed by atoms with van der Waals surface area (Å²) in [5.74, 6) is 0. The van der Waals surface area contributed by atoms with Gasteiger partial charge in [-0.15, -0.1) is 0 Å². The van der Waals surface area contributed by atoms with Crippen LogP contribution < -0.4 is 0 Å². The first-order valence-corrected chi connectivity index (χ1v) is 2.45. The van der Waals surface area contributed by atoms with Crippen molar-refractivity contribution in [3.8, 4) is 6.07 Å². The molecular weight excluding hydrogens is 134 g/mol. The Kier molecular flexibility index (Phi) is 3.84. The van der Waals surface area contributed by atoms with Crippen LogP contribution in [-0.2, 0) is 4.74 Å². The summed E-state index contributed by atoms with van der Waals surface area (Å²) < 4.78 is 4.54. The van der Waals surface area contributed by atoms with E-state index in [1.54, 1.807) is 6.07 Å². The third kappa shape index (κ3) is 1.84. The molecule has 0 aromatic carbocycles. The molecular formula is C5H7N3O2. The summed E-state index contributed by atoms with van der Waals surface area (Å²) >= 11 is 0. The predicted octanol–water partition coefficient (Wildman–Crippen LogP) is 0.00475. The summed E-state index contributed by atoms with van der Waals surface area (Å²) in [4.78, 5) is 0. The van der Waals surface area contributed by atoms with Crippen molar-refractivity contribution in [2.24, 2.45) is 5.16 Å². The molecule has 2 N–H and O–H groups in total. The summed E-state index contributed by atoms with van der Waals surface area (Å²) in [6, 6.07) is 1.69. The second-order valence-corrected chi connectivity index (χ2v) is 1.41. The number of hydrogen-bond acceptors (Lipinski definition) is 5. The van der Waals surface area contributed by atoms with E-state index in [0.717, 1.165) is 6.21 Å². The highest BCUT2D eigenvalue weighted by atomic mass is 16.5. The molecule has 5 nitrogen and oxygen atoms in total. The van der Waals surface area contributed by atoms with Gasteiger partial charge in [0, 0.05) is 13.3 Å². The number of nitrogens with one attached hydrogen (secondary N) is 1. The molecule has 1 atom stereocenters. The van der Waals surface area contributed by atoms with Gasteiger partial charge in [-0.25, -0.2) is 0 Å². The van der Waals surface area contributed by atoms with Crippen LogP contribution in [0.5, 0.6) is 0 Å². The van der Waals surface area contributed by atoms with Crippen molar-refractivity contribution < 1.29 is 9.94 Å². The molecule has 0 heterocycles. The van der Waals surface area contributed by atoms with Gasteiger partial charge in [0.1, 0.15) is 11.8 Å². The van der Waals surface area contributed by atoms with Crippen LogP contribution in [0, 0.1) is 16.7 Å². The van der Waals surface area contributed by atoms with Crippen molar-refractivity contribution in [1.29, 1.82) is 10.7 Å². The summed E-state index contributed by atoms with van der Waals surface area (Å²) in [5, 5.41) is 25.8. The zero-order valence-electron chi connectivity index (χ0n) is 5.40. The number of nitriles is 1. The van der Waals surface area contributed by atoms with Gasteiger partial charge in [0.15, 0.2) is 6.10 Å². The van der Waals surface area contributed by atoms with Crippen molar-refractivity contribution in [2.45, 2.75) is 6.10 Å². The first-order valence-electron chi connectivity index (χ1n) is 2.45. The normalized spacial score (nSPS) is 13.8. The third-order valence-electron chi connectivity index (χ3n) is 0.885. The lowest BCUT2D eigenvalue weighted by molar-refractivity contribution is 0.193. The molecule has 0 radical (unpaired) electrons. The lowest BCUT2D eigenvalue weighted by atomic mass is 10.2. The first-order chi connectivity index (χ1) is 4.79. The van der Waals surface area contributed by atoms with Gasteiger partial charge < -0.3 is 15.4 Å². The molecule has 1 unspecified atom stereocenters. The summed E-state index contributed by atoms with van der Waals surface area (Å²) in [7, 11) is 1.29. The smallest absolute Gasteiger partial charge is 0.190 e. The quantitative estimate of drug-likeness (QED) is 0.329. The summed E-state index contributed by atoms with van der Waals surface area (Å²) in [6.45, 7) is 0. The number of ether oxygens (including phenoxy) is 1. The first kappa shape index (κ1) is 8.59. The third-order valence-corrected chi connectivity index (χ3v) is 0.885. The van der Waals surface area contributed by atoms with E-state index in [-0.39, 0.29) is 5.71 Å².